The lowest BCUT2D eigenvalue weighted by atomic mass is 10.1. The minimum Gasteiger partial charge on any atom is -0.446 e. The molecule has 5 nitrogen and oxygen atoms in total. The Morgan fingerprint density at radius 3 is 2.54 bits per heavy atom. The van der Waals surface area contributed by atoms with E-state index in [1.165, 1.54) is 0 Å². The van der Waals surface area contributed by atoms with Crippen LogP contribution in [0.5, 0.6) is 0 Å². The van der Waals surface area contributed by atoms with E-state index in [0.29, 0.717) is 19.6 Å². The van der Waals surface area contributed by atoms with Gasteiger partial charge in [-0.05, 0) is 17.0 Å². The third-order valence-electron chi connectivity index (χ3n) is 3.95. The van der Waals surface area contributed by atoms with Crippen LogP contribution in [-0.2, 0) is 20.9 Å². The molecule has 1 heterocycles. The SMILES string of the molecule is O=C(C#CCCOCc1ccccc1)N1C(=O)OC[C@H]1c1ccccc1. The highest BCUT2D eigenvalue weighted by molar-refractivity contribution is 6.03. The first-order valence-electron chi connectivity index (χ1n) is 8.41. The summed E-state index contributed by atoms with van der Waals surface area (Å²) in [7, 11) is 0. The van der Waals surface area contributed by atoms with E-state index < -0.39 is 18.0 Å². The monoisotopic (exact) mass is 349 g/mol. The van der Waals surface area contributed by atoms with Crippen molar-refractivity contribution in [2.45, 2.75) is 19.1 Å². The number of amides is 2. The second kappa shape index (κ2) is 8.84. The molecule has 0 N–H and O–H groups in total. The van der Waals surface area contributed by atoms with Crippen LogP contribution in [0.4, 0.5) is 4.79 Å². The van der Waals surface area contributed by atoms with Crippen molar-refractivity contribution >= 4 is 12.0 Å². The second-order valence-electron chi connectivity index (χ2n) is 5.77. The zero-order valence-corrected chi connectivity index (χ0v) is 14.3. The van der Waals surface area contributed by atoms with Crippen molar-refractivity contribution in [2.75, 3.05) is 13.2 Å². The minimum atomic E-state index is -0.654. The molecule has 0 radical (unpaired) electrons. The molecule has 2 amide bonds. The summed E-state index contributed by atoms with van der Waals surface area (Å²) in [6.45, 7) is 1.07. The number of nitrogens with zero attached hydrogens (tertiary/aromatic N) is 1. The largest absolute Gasteiger partial charge is 0.446 e. The van der Waals surface area contributed by atoms with Crippen molar-refractivity contribution in [3.05, 3.63) is 71.8 Å². The molecule has 26 heavy (non-hydrogen) atoms. The summed E-state index contributed by atoms with van der Waals surface area (Å²) in [5.41, 5.74) is 1.93. The molecule has 0 unspecified atom stereocenters. The van der Waals surface area contributed by atoms with Crippen LogP contribution in [0.3, 0.4) is 0 Å². The number of hydrogen-bond acceptors (Lipinski definition) is 4. The van der Waals surface area contributed by atoms with Crippen LogP contribution >= 0.6 is 0 Å². The fourth-order valence-corrected chi connectivity index (χ4v) is 2.65. The number of imide groups is 1. The van der Waals surface area contributed by atoms with Crippen molar-refractivity contribution in [1.82, 2.24) is 4.90 Å². The van der Waals surface area contributed by atoms with E-state index in [1.54, 1.807) is 0 Å². The van der Waals surface area contributed by atoms with Gasteiger partial charge in [-0.15, -0.1) is 0 Å². The van der Waals surface area contributed by atoms with E-state index in [-0.39, 0.29) is 6.61 Å². The summed E-state index contributed by atoms with van der Waals surface area (Å²) in [6, 6.07) is 18.7. The van der Waals surface area contributed by atoms with Crippen LogP contribution in [0.2, 0.25) is 0 Å². The molecule has 1 fully saturated rings. The van der Waals surface area contributed by atoms with Crippen molar-refractivity contribution < 1.29 is 19.1 Å². The van der Waals surface area contributed by atoms with Crippen LogP contribution in [0.25, 0.3) is 0 Å². The van der Waals surface area contributed by atoms with Crippen LogP contribution in [0.1, 0.15) is 23.6 Å². The molecule has 1 aliphatic rings. The molecule has 1 saturated heterocycles. The molecule has 1 atom stereocenters. The molecule has 5 heteroatoms. The standard InChI is InChI=1S/C21H19NO4/c23-20(13-7-8-14-25-15-17-9-3-1-4-10-17)22-19(16-26-21(22)24)18-11-5-2-6-12-18/h1-6,9-12,19H,8,14-16H2/t19-/m0/s1. The summed E-state index contributed by atoms with van der Waals surface area (Å²) in [4.78, 5) is 25.3. The quantitative estimate of drug-likeness (QED) is 0.614. The predicted octanol–water partition coefficient (Wildman–Crippen LogP) is 3.32. The Kier molecular flexibility index (Phi) is 6.02. The highest BCUT2D eigenvalue weighted by Crippen LogP contribution is 2.27. The Bertz CT molecular complexity index is 808. The van der Waals surface area contributed by atoms with Gasteiger partial charge in [0.25, 0.3) is 0 Å². The lowest BCUT2D eigenvalue weighted by Gasteiger charge is -2.17. The first-order chi connectivity index (χ1) is 12.8. The molecule has 0 spiro atoms. The van der Waals surface area contributed by atoms with Gasteiger partial charge < -0.3 is 9.47 Å². The lowest BCUT2D eigenvalue weighted by molar-refractivity contribution is -0.123. The van der Waals surface area contributed by atoms with Crippen molar-refractivity contribution in [3.8, 4) is 11.8 Å². The van der Waals surface area contributed by atoms with Crippen molar-refractivity contribution in [2.24, 2.45) is 0 Å². The Morgan fingerprint density at radius 1 is 1.12 bits per heavy atom. The topological polar surface area (TPSA) is 55.8 Å². The van der Waals surface area contributed by atoms with Crippen LogP contribution < -0.4 is 0 Å². The van der Waals surface area contributed by atoms with Crippen LogP contribution in [-0.4, -0.2) is 30.1 Å². The number of cyclic esters (lactones) is 1. The van der Waals surface area contributed by atoms with E-state index >= 15 is 0 Å². The first kappa shape index (κ1) is 17.7. The summed E-state index contributed by atoms with van der Waals surface area (Å²) >= 11 is 0. The summed E-state index contributed by atoms with van der Waals surface area (Å²) in [6.07, 6.45) is -0.240. The molecule has 3 rings (SSSR count). The molecular weight excluding hydrogens is 330 g/mol. The van der Waals surface area contributed by atoms with Gasteiger partial charge in [-0.3, -0.25) is 4.79 Å². The average Bonchev–Trinajstić information content (AvgIpc) is 3.07. The smallest absolute Gasteiger partial charge is 0.418 e. The molecule has 2 aromatic carbocycles. The zero-order valence-electron chi connectivity index (χ0n) is 14.3. The maximum atomic E-state index is 12.3. The number of carbonyl (C=O) groups is 2. The molecule has 132 valence electrons. The van der Waals surface area contributed by atoms with E-state index in [2.05, 4.69) is 11.8 Å². The maximum absolute atomic E-state index is 12.3. The predicted molar refractivity (Wildman–Crippen MR) is 95.9 cm³/mol. The highest BCUT2D eigenvalue weighted by atomic mass is 16.6. The molecule has 0 aromatic heterocycles. The number of ether oxygens (including phenoxy) is 2. The summed E-state index contributed by atoms with van der Waals surface area (Å²) in [5.74, 6) is 4.73. The van der Waals surface area contributed by atoms with Crippen LogP contribution in [0, 0.1) is 11.8 Å². The molecular formula is C21H19NO4. The van der Waals surface area contributed by atoms with Gasteiger partial charge in [-0.1, -0.05) is 66.6 Å². The molecule has 0 aliphatic carbocycles. The number of hydrogen-bond donors (Lipinski definition) is 0. The Morgan fingerprint density at radius 2 is 1.81 bits per heavy atom. The van der Waals surface area contributed by atoms with Gasteiger partial charge in [0, 0.05) is 6.42 Å². The van der Waals surface area contributed by atoms with Gasteiger partial charge in [0.05, 0.1) is 13.2 Å². The van der Waals surface area contributed by atoms with Gasteiger partial charge in [0.15, 0.2) is 0 Å². The van der Waals surface area contributed by atoms with E-state index in [9.17, 15) is 9.59 Å². The molecule has 1 aliphatic heterocycles. The summed E-state index contributed by atoms with van der Waals surface area (Å²) in [5, 5.41) is 0. The fourth-order valence-electron chi connectivity index (χ4n) is 2.65. The van der Waals surface area contributed by atoms with E-state index in [0.717, 1.165) is 16.0 Å². The van der Waals surface area contributed by atoms with Crippen molar-refractivity contribution in [1.29, 1.82) is 0 Å². The lowest BCUT2D eigenvalue weighted by Crippen LogP contribution is -2.33. The Hall–Kier alpha value is -3.10. The van der Waals surface area contributed by atoms with Gasteiger partial charge in [0.2, 0.25) is 0 Å². The molecule has 2 aromatic rings. The van der Waals surface area contributed by atoms with E-state index in [1.807, 2.05) is 60.7 Å². The third kappa shape index (κ3) is 4.50. The fraction of sp³-hybridized carbons (Fsp3) is 0.238. The zero-order chi connectivity index (χ0) is 18.2. The first-order valence-corrected chi connectivity index (χ1v) is 8.41. The van der Waals surface area contributed by atoms with Crippen LogP contribution in [0.15, 0.2) is 60.7 Å². The molecule has 0 saturated carbocycles. The van der Waals surface area contributed by atoms with Gasteiger partial charge in [-0.2, -0.15) is 0 Å². The van der Waals surface area contributed by atoms with Crippen molar-refractivity contribution in [3.63, 3.8) is 0 Å². The summed E-state index contributed by atoms with van der Waals surface area (Å²) < 4.78 is 10.5. The Labute approximate surface area is 152 Å². The maximum Gasteiger partial charge on any atom is 0.418 e. The third-order valence-corrected chi connectivity index (χ3v) is 3.95. The van der Waals surface area contributed by atoms with Gasteiger partial charge in [0.1, 0.15) is 12.6 Å². The average molecular weight is 349 g/mol. The van der Waals surface area contributed by atoms with Gasteiger partial charge in [-0.25, -0.2) is 9.69 Å². The van der Waals surface area contributed by atoms with Gasteiger partial charge >= 0.3 is 12.0 Å². The highest BCUT2D eigenvalue weighted by Gasteiger charge is 2.38. The second-order valence-corrected chi connectivity index (χ2v) is 5.77. The number of benzene rings is 2. The Balaban J connectivity index is 1.51. The number of carbonyl (C=O) groups excluding carboxylic acids is 2. The molecule has 0 bridgehead atoms. The minimum absolute atomic E-state index is 0.149. The van der Waals surface area contributed by atoms with E-state index in [4.69, 9.17) is 9.47 Å². The number of rotatable bonds is 5. The normalized spacial score (nSPS) is 15.9.